The van der Waals surface area contributed by atoms with E-state index in [-0.39, 0.29) is 16.0 Å². The smallest absolute Gasteiger partial charge is 0.289 e. The maximum atomic E-state index is 13.2. The Kier molecular flexibility index (Phi) is 5.66. The number of nitro groups is 1. The van der Waals surface area contributed by atoms with Crippen LogP contribution in [0.15, 0.2) is 29.2 Å². The molecule has 0 aliphatic carbocycles. The lowest BCUT2D eigenvalue weighted by Crippen LogP contribution is -2.42. The number of hydrogen-bond donors (Lipinski definition) is 0. The summed E-state index contributed by atoms with van der Waals surface area (Å²) in [7, 11) is -6.02. The zero-order valence-electron chi connectivity index (χ0n) is 17.1. The lowest BCUT2D eigenvalue weighted by molar-refractivity contribution is -0.387. The number of benzene rings is 1. The van der Waals surface area contributed by atoms with E-state index in [4.69, 9.17) is 4.43 Å². The molecule has 3 atom stereocenters. The van der Waals surface area contributed by atoms with Crippen molar-refractivity contribution in [3.8, 4) is 0 Å². The van der Waals surface area contributed by atoms with Crippen LogP contribution in [0.1, 0.15) is 41.0 Å². The van der Waals surface area contributed by atoms with Crippen LogP contribution in [-0.2, 0) is 14.4 Å². The summed E-state index contributed by atoms with van der Waals surface area (Å²) < 4.78 is 34.0. The van der Waals surface area contributed by atoms with Crippen LogP contribution in [0.5, 0.6) is 0 Å². The third kappa shape index (κ3) is 3.83. The molecule has 0 bridgehead atoms. The predicted octanol–water partition coefficient (Wildman–Crippen LogP) is 4.16. The molecule has 1 unspecified atom stereocenters. The second-order valence-corrected chi connectivity index (χ2v) is 15.4. The number of para-hydroxylation sites is 1. The third-order valence-electron chi connectivity index (χ3n) is 6.16. The Hall–Kier alpha value is -1.29. The highest BCUT2D eigenvalue weighted by atomic mass is 32.2. The zero-order valence-corrected chi connectivity index (χ0v) is 19.0. The van der Waals surface area contributed by atoms with E-state index in [0.29, 0.717) is 13.0 Å². The fourth-order valence-electron chi connectivity index (χ4n) is 2.99. The van der Waals surface area contributed by atoms with Crippen molar-refractivity contribution in [2.45, 2.75) is 75.6 Å². The first-order valence-corrected chi connectivity index (χ1v) is 13.5. The van der Waals surface area contributed by atoms with Crippen LogP contribution >= 0.6 is 0 Å². The third-order valence-corrected chi connectivity index (χ3v) is 12.8. The molecule has 7 nitrogen and oxygen atoms in total. The van der Waals surface area contributed by atoms with Crippen molar-refractivity contribution in [2.24, 2.45) is 0 Å². The maximum Gasteiger partial charge on any atom is 0.289 e. The van der Waals surface area contributed by atoms with Gasteiger partial charge in [-0.3, -0.25) is 10.1 Å². The maximum absolute atomic E-state index is 13.2. The molecule has 0 aromatic heterocycles. The van der Waals surface area contributed by atoms with E-state index in [0.717, 1.165) is 0 Å². The second-order valence-electron chi connectivity index (χ2n) is 8.82. The van der Waals surface area contributed by atoms with Gasteiger partial charge in [-0.2, -0.15) is 4.31 Å². The fourth-order valence-corrected chi connectivity index (χ4v) is 6.24. The highest BCUT2D eigenvalue weighted by Crippen LogP contribution is 2.50. The van der Waals surface area contributed by atoms with E-state index in [1.807, 2.05) is 13.8 Å². The highest BCUT2D eigenvalue weighted by molar-refractivity contribution is 7.89. The summed E-state index contributed by atoms with van der Waals surface area (Å²) in [6.07, 6.45) is 0.610. The summed E-state index contributed by atoms with van der Waals surface area (Å²) in [5, 5.41) is 11.3. The van der Waals surface area contributed by atoms with Gasteiger partial charge in [-0.05, 0) is 37.5 Å². The Balaban J connectivity index is 2.34. The Bertz CT molecular complexity index is 834. The van der Waals surface area contributed by atoms with Gasteiger partial charge in [0.2, 0.25) is 0 Å². The van der Waals surface area contributed by atoms with Gasteiger partial charge in [-0.1, -0.05) is 39.8 Å². The molecular formula is C18H30N2O5SSi. The number of nitro benzene ring substituents is 1. The van der Waals surface area contributed by atoms with Crippen molar-refractivity contribution in [2.75, 3.05) is 6.61 Å². The first-order valence-electron chi connectivity index (χ1n) is 9.12. The van der Waals surface area contributed by atoms with Gasteiger partial charge in [0, 0.05) is 6.07 Å². The molecule has 1 aromatic carbocycles. The average Bonchev–Trinajstić information content (AvgIpc) is 3.18. The molecule has 0 spiro atoms. The largest absolute Gasteiger partial charge is 0.415 e. The Morgan fingerprint density at radius 1 is 1.30 bits per heavy atom. The standard InChI is InChI=1S/C18H30N2O5SSi/c1-8-18(5)16(13-25-27(6,7)17(2,3)4)19(18)26(23,24)15-12-10-9-11-14(15)20(21)22/h9-12,16H,8,13H2,1-7H3/t16-,18+,19?/m1/s1. The van der Waals surface area contributed by atoms with Crippen LogP contribution in [0.2, 0.25) is 18.1 Å². The molecule has 1 aromatic rings. The second kappa shape index (κ2) is 6.95. The Morgan fingerprint density at radius 3 is 2.33 bits per heavy atom. The van der Waals surface area contributed by atoms with Gasteiger partial charge in [0.05, 0.1) is 23.1 Å². The molecule has 1 aliphatic heterocycles. The predicted molar refractivity (Wildman–Crippen MR) is 108 cm³/mol. The number of nitrogens with zero attached hydrogens (tertiary/aromatic N) is 2. The first-order chi connectivity index (χ1) is 12.2. The van der Waals surface area contributed by atoms with Gasteiger partial charge < -0.3 is 4.43 Å². The minimum atomic E-state index is -3.99. The van der Waals surface area contributed by atoms with Gasteiger partial charge in [-0.15, -0.1) is 0 Å². The summed E-state index contributed by atoms with van der Waals surface area (Å²) in [6.45, 7) is 14.7. The summed E-state index contributed by atoms with van der Waals surface area (Å²) >= 11 is 0. The molecule has 152 valence electrons. The summed E-state index contributed by atoms with van der Waals surface area (Å²) in [5.74, 6) is 0. The van der Waals surface area contributed by atoms with Crippen LogP contribution in [0, 0.1) is 10.1 Å². The van der Waals surface area contributed by atoms with Crippen molar-refractivity contribution in [1.29, 1.82) is 0 Å². The molecular weight excluding hydrogens is 384 g/mol. The fraction of sp³-hybridized carbons (Fsp3) is 0.667. The summed E-state index contributed by atoms with van der Waals surface area (Å²) in [4.78, 5) is 10.4. The molecule has 27 heavy (non-hydrogen) atoms. The van der Waals surface area contributed by atoms with E-state index in [1.54, 1.807) is 0 Å². The van der Waals surface area contributed by atoms with Gasteiger partial charge in [0.15, 0.2) is 13.2 Å². The van der Waals surface area contributed by atoms with Crippen molar-refractivity contribution < 1.29 is 17.8 Å². The number of rotatable bonds is 7. The first kappa shape index (κ1) is 22.0. The minimum absolute atomic E-state index is 0.0203. The van der Waals surface area contributed by atoms with E-state index in [1.165, 1.54) is 28.6 Å². The lowest BCUT2D eigenvalue weighted by Gasteiger charge is -2.36. The van der Waals surface area contributed by atoms with E-state index < -0.39 is 34.5 Å². The topological polar surface area (TPSA) is 89.5 Å². The van der Waals surface area contributed by atoms with Crippen molar-refractivity contribution in [3.05, 3.63) is 34.4 Å². The number of sulfonamides is 1. The average molecular weight is 415 g/mol. The van der Waals surface area contributed by atoms with Crippen LogP contribution in [-0.4, -0.2) is 44.2 Å². The molecule has 0 N–H and O–H groups in total. The van der Waals surface area contributed by atoms with Crippen LogP contribution in [0.25, 0.3) is 0 Å². The van der Waals surface area contributed by atoms with Crippen molar-refractivity contribution >= 4 is 24.0 Å². The van der Waals surface area contributed by atoms with E-state index >= 15 is 0 Å². The molecule has 1 heterocycles. The normalized spacial score (nSPS) is 26.0. The molecule has 2 rings (SSSR count). The Labute approximate surface area is 163 Å². The van der Waals surface area contributed by atoms with Gasteiger partial charge in [0.1, 0.15) is 0 Å². The highest BCUT2D eigenvalue weighted by Gasteiger charge is 2.65. The van der Waals surface area contributed by atoms with Gasteiger partial charge in [0.25, 0.3) is 15.7 Å². The van der Waals surface area contributed by atoms with Gasteiger partial charge >= 0.3 is 0 Å². The van der Waals surface area contributed by atoms with Crippen LogP contribution < -0.4 is 0 Å². The molecule has 1 aliphatic rings. The summed E-state index contributed by atoms with van der Waals surface area (Å²) in [5.41, 5.74) is -0.989. The lowest BCUT2D eigenvalue weighted by atomic mass is 10.1. The number of hydrogen-bond acceptors (Lipinski definition) is 5. The SMILES string of the molecule is CC[C@@]1(C)[C@@H](CO[Si](C)(C)C(C)(C)C)N1S(=O)(=O)c1ccccc1[N+](=O)[O-]. The monoisotopic (exact) mass is 414 g/mol. The van der Waals surface area contributed by atoms with Crippen LogP contribution in [0.4, 0.5) is 5.69 Å². The van der Waals surface area contributed by atoms with E-state index in [2.05, 4.69) is 33.9 Å². The molecule has 0 radical (unpaired) electrons. The van der Waals surface area contributed by atoms with Crippen LogP contribution in [0.3, 0.4) is 0 Å². The molecule has 9 heteroatoms. The van der Waals surface area contributed by atoms with Crippen molar-refractivity contribution in [3.63, 3.8) is 0 Å². The minimum Gasteiger partial charge on any atom is -0.415 e. The van der Waals surface area contributed by atoms with E-state index in [9.17, 15) is 18.5 Å². The molecule has 0 saturated carbocycles. The Morgan fingerprint density at radius 2 is 1.85 bits per heavy atom. The van der Waals surface area contributed by atoms with Gasteiger partial charge in [-0.25, -0.2) is 8.42 Å². The summed E-state index contributed by atoms with van der Waals surface area (Å²) in [6, 6.07) is 5.18. The quantitative estimate of drug-likeness (QED) is 0.289. The molecule has 1 fully saturated rings. The zero-order chi connectivity index (χ0) is 20.8. The molecule has 0 amide bonds. The molecule has 1 saturated heterocycles. The van der Waals surface area contributed by atoms with Crippen molar-refractivity contribution in [1.82, 2.24) is 4.31 Å².